The first kappa shape index (κ1) is 34.1. The maximum absolute atomic E-state index is 13.3. The maximum Gasteiger partial charge on any atom is 0.336 e. The Morgan fingerprint density at radius 1 is 0.833 bits per heavy atom. The first-order valence-corrected chi connectivity index (χ1v) is 16.1. The highest BCUT2D eigenvalue weighted by Crippen LogP contribution is 2.40. The number of amides is 2. The number of anilines is 2. The van der Waals surface area contributed by atoms with Crippen molar-refractivity contribution in [1.29, 1.82) is 0 Å². The number of piperazine rings is 1. The van der Waals surface area contributed by atoms with Crippen molar-refractivity contribution in [2.45, 2.75) is 39.3 Å². The average molecular weight is 654 g/mol. The third kappa shape index (κ3) is 7.63. The normalized spacial score (nSPS) is 16.1. The van der Waals surface area contributed by atoms with Crippen LogP contribution in [0.2, 0.25) is 0 Å². The lowest BCUT2D eigenvalue weighted by atomic mass is 9.80. The summed E-state index contributed by atoms with van der Waals surface area (Å²) in [6.07, 6.45) is 0.540. The number of hydrogen-bond acceptors (Lipinski definition) is 9. The molecule has 1 atom stereocenters. The lowest BCUT2D eigenvalue weighted by molar-refractivity contribution is -0.137. The molecule has 1 fully saturated rings. The van der Waals surface area contributed by atoms with E-state index in [2.05, 4.69) is 31.8 Å². The Hall–Kier alpha value is -5.29. The minimum atomic E-state index is -0.751. The fourth-order valence-electron chi connectivity index (χ4n) is 6.35. The van der Waals surface area contributed by atoms with Crippen LogP contribution in [0.3, 0.4) is 0 Å². The standard InChI is InChI=1S/C37H43N5O6/c1-6-31(42-21-19-41(20-22-42)29-17-10-11-18-30(29)48-28-15-8-7-9-16-28)40-37(45)39-27-14-12-13-26(23-27)34-32(35(43)46-4)24(2)38-25(3)33(34)36(44)47-5/h7-18,23,31,34,38H,6,19-22H2,1-5H3,(H2,39,40,45). The van der Waals surface area contributed by atoms with E-state index in [1.54, 1.807) is 32.0 Å². The van der Waals surface area contributed by atoms with Crippen molar-refractivity contribution in [2.24, 2.45) is 0 Å². The van der Waals surface area contributed by atoms with Crippen LogP contribution in [-0.2, 0) is 19.1 Å². The smallest absolute Gasteiger partial charge is 0.336 e. The molecule has 0 spiro atoms. The zero-order chi connectivity index (χ0) is 34.2. The van der Waals surface area contributed by atoms with Crippen LogP contribution in [-0.4, -0.2) is 69.4 Å². The molecule has 252 valence electrons. The van der Waals surface area contributed by atoms with Gasteiger partial charge < -0.3 is 35.1 Å². The highest BCUT2D eigenvalue weighted by molar-refractivity contribution is 6.00. The molecule has 0 aromatic heterocycles. The van der Waals surface area contributed by atoms with Gasteiger partial charge in [0.1, 0.15) is 5.75 Å². The molecule has 0 aliphatic carbocycles. The second-order valence-corrected chi connectivity index (χ2v) is 11.7. The largest absolute Gasteiger partial charge is 0.466 e. The molecule has 0 bridgehead atoms. The number of carbonyl (C=O) groups is 3. The summed E-state index contributed by atoms with van der Waals surface area (Å²) < 4.78 is 16.3. The van der Waals surface area contributed by atoms with Gasteiger partial charge in [0, 0.05) is 43.3 Å². The second-order valence-electron chi connectivity index (χ2n) is 11.7. The van der Waals surface area contributed by atoms with Crippen molar-refractivity contribution in [3.8, 4) is 11.5 Å². The summed E-state index contributed by atoms with van der Waals surface area (Å²) in [6.45, 7) is 8.63. The third-order valence-electron chi connectivity index (χ3n) is 8.67. The SMILES string of the molecule is CCC(NC(=O)Nc1cccc(C2C(C(=O)OC)=C(C)NC(C)=C2C(=O)OC)c1)N1CCN(c2ccccc2Oc2ccccc2)CC1. The summed E-state index contributed by atoms with van der Waals surface area (Å²) in [4.78, 5) is 43.7. The van der Waals surface area contributed by atoms with Crippen LogP contribution >= 0.6 is 0 Å². The summed E-state index contributed by atoms with van der Waals surface area (Å²) in [5, 5.41) is 9.17. The number of benzene rings is 3. The highest BCUT2D eigenvalue weighted by Gasteiger charge is 2.37. The van der Waals surface area contributed by atoms with Crippen LogP contribution < -0.4 is 25.6 Å². The molecule has 3 N–H and O–H groups in total. The summed E-state index contributed by atoms with van der Waals surface area (Å²) in [5.74, 6) is -0.278. The van der Waals surface area contributed by atoms with Crippen LogP contribution in [0, 0.1) is 0 Å². The van der Waals surface area contributed by atoms with Crippen molar-refractivity contribution >= 4 is 29.3 Å². The molecule has 5 rings (SSSR count). The molecular formula is C37H43N5O6. The van der Waals surface area contributed by atoms with E-state index in [-0.39, 0.29) is 12.2 Å². The fourth-order valence-corrected chi connectivity index (χ4v) is 6.35. The van der Waals surface area contributed by atoms with Gasteiger partial charge in [0.15, 0.2) is 5.75 Å². The Labute approximate surface area is 281 Å². The number of rotatable bonds is 10. The second kappa shape index (κ2) is 15.5. The molecule has 3 aromatic rings. The number of nitrogens with one attached hydrogen (secondary N) is 3. The number of allylic oxidation sites excluding steroid dienone is 2. The monoisotopic (exact) mass is 653 g/mol. The molecule has 2 aliphatic heterocycles. The first-order valence-electron chi connectivity index (χ1n) is 16.1. The summed E-state index contributed by atoms with van der Waals surface area (Å²) >= 11 is 0. The van der Waals surface area contributed by atoms with Crippen molar-refractivity contribution in [3.63, 3.8) is 0 Å². The Morgan fingerprint density at radius 3 is 2.08 bits per heavy atom. The molecule has 1 unspecified atom stereocenters. The van der Waals surface area contributed by atoms with Gasteiger partial charge in [0.2, 0.25) is 0 Å². The predicted molar refractivity (Wildman–Crippen MR) is 185 cm³/mol. The van der Waals surface area contributed by atoms with Gasteiger partial charge in [-0.15, -0.1) is 0 Å². The van der Waals surface area contributed by atoms with Crippen molar-refractivity contribution in [3.05, 3.63) is 107 Å². The quantitative estimate of drug-likeness (QED) is 0.235. The first-order chi connectivity index (χ1) is 23.2. The summed E-state index contributed by atoms with van der Waals surface area (Å²) in [7, 11) is 2.60. The Bertz CT molecular complexity index is 1660. The Balaban J connectivity index is 1.25. The number of carbonyl (C=O) groups excluding carboxylic acids is 3. The highest BCUT2D eigenvalue weighted by atomic mass is 16.5. The van der Waals surface area contributed by atoms with Gasteiger partial charge in [-0.05, 0) is 62.2 Å². The molecular weight excluding hydrogens is 610 g/mol. The van der Waals surface area contributed by atoms with E-state index in [4.69, 9.17) is 14.2 Å². The number of hydrogen-bond donors (Lipinski definition) is 3. The van der Waals surface area contributed by atoms with Crippen molar-refractivity contribution < 1.29 is 28.6 Å². The van der Waals surface area contributed by atoms with Crippen LogP contribution in [0.1, 0.15) is 38.7 Å². The maximum atomic E-state index is 13.3. The summed E-state index contributed by atoms with van der Waals surface area (Å²) in [6, 6.07) is 24.6. The summed E-state index contributed by atoms with van der Waals surface area (Å²) in [5.41, 5.74) is 3.93. The molecule has 2 aliphatic rings. The van der Waals surface area contributed by atoms with Gasteiger partial charge in [-0.1, -0.05) is 49.4 Å². The van der Waals surface area contributed by atoms with Crippen LogP contribution in [0.4, 0.5) is 16.2 Å². The van der Waals surface area contributed by atoms with E-state index < -0.39 is 17.9 Å². The molecule has 48 heavy (non-hydrogen) atoms. The predicted octanol–water partition coefficient (Wildman–Crippen LogP) is 5.74. The Morgan fingerprint density at radius 2 is 1.46 bits per heavy atom. The van der Waals surface area contributed by atoms with Gasteiger partial charge in [-0.2, -0.15) is 0 Å². The van der Waals surface area contributed by atoms with E-state index in [0.717, 1.165) is 49.8 Å². The van der Waals surface area contributed by atoms with Gasteiger partial charge in [-0.25, -0.2) is 14.4 Å². The number of nitrogens with zero attached hydrogens (tertiary/aromatic N) is 2. The number of ether oxygens (including phenoxy) is 3. The number of esters is 2. The molecule has 0 radical (unpaired) electrons. The minimum Gasteiger partial charge on any atom is -0.466 e. The lowest BCUT2D eigenvalue weighted by Crippen LogP contribution is -2.56. The number of dihydropyridines is 1. The van der Waals surface area contributed by atoms with E-state index in [0.29, 0.717) is 33.8 Å². The van der Waals surface area contributed by atoms with Crippen LogP contribution in [0.15, 0.2) is 101 Å². The molecule has 3 aromatic carbocycles. The number of methoxy groups -OCH3 is 2. The van der Waals surface area contributed by atoms with Gasteiger partial charge >= 0.3 is 18.0 Å². The molecule has 1 saturated heterocycles. The third-order valence-corrected chi connectivity index (χ3v) is 8.67. The van der Waals surface area contributed by atoms with Crippen LogP contribution in [0.5, 0.6) is 11.5 Å². The Kier molecular flexibility index (Phi) is 11.0. The molecule has 0 saturated carbocycles. The van der Waals surface area contributed by atoms with E-state index >= 15 is 0 Å². The molecule has 11 heteroatoms. The number of urea groups is 1. The van der Waals surface area contributed by atoms with Crippen molar-refractivity contribution in [2.75, 3.05) is 50.6 Å². The van der Waals surface area contributed by atoms with E-state index in [1.807, 2.05) is 61.5 Å². The van der Waals surface area contributed by atoms with E-state index in [1.165, 1.54) is 14.2 Å². The van der Waals surface area contributed by atoms with Gasteiger partial charge in [-0.3, -0.25) is 4.90 Å². The van der Waals surface area contributed by atoms with Gasteiger partial charge in [0.05, 0.1) is 43.1 Å². The topological polar surface area (TPSA) is 121 Å². The lowest BCUT2D eigenvalue weighted by Gasteiger charge is -2.40. The molecule has 2 heterocycles. The van der Waals surface area contributed by atoms with Gasteiger partial charge in [0.25, 0.3) is 0 Å². The van der Waals surface area contributed by atoms with Crippen LogP contribution in [0.25, 0.3) is 0 Å². The number of para-hydroxylation sites is 3. The van der Waals surface area contributed by atoms with E-state index in [9.17, 15) is 14.4 Å². The molecule has 11 nitrogen and oxygen atoms in total. The fraction of sp³-hybridized carbons (Fsp3) is 0.324. The van der Waals surface area contributed by atoms with Crippen molar-refractivity contribution in [1.82, 2.24) is 15.5 Å². The minimum absolute atomic E-state index is 0.177. The zero-order valence-corrected chi connectivity index (χ0v) is 28.0. The molecule has 2 amide bonds. The zero-order valence-electron chi connectivity index (χ0n) is 28.0. The average Bonchev–Trinajstić information content (AvgIpc) is 3.10.